The number of esters is 1. The molecule has 0 radical (unpaired) electrons. The molecule has 4 N–H and O–H groups in total. The van der Waals surface area contributed by atoms with Crippen molar-refractivity contribution in [1.82, 2.24) is 0 Å². The summed E-state index contributed by atoms with van der Waals surface area (Å²) in [6.45, 7) is 16.6. The van der Waals surface area contributed by atoms with Crippen LogP contribution in [0, 0.1) is 40.4 Å². The first-order chi connectivity index (χ1) is 19.9. The third-order valence-corrected chi connectivity index (χ3v) is 12.9. The fourth-order valence-electron chi connectivity index (χ4n) is 9.64. The van der Waals surface area contributed by atoms with E-state index in [-0.39, 0.29) is 43.7 Å². The second-order valence-electron chi connectivity index (χ2n) is 15.0. The van der Waals surface area contributed by atoms with Gasteiger partial charge < -0.3 is 39.4 Å². The van der Waals surface area contributed by atoms with Crippen LogP contribution >= 0.6 is 0 Å². The van der Waals surface area contributed by atoms with Crippen LogP contribution in [0.25, 0.3) is 0 Å². The Hall–Kier alpha value is -1.40. The third-order valence-electron chi connectivity index (χ3n) is 12.9. The van der Waals surface area contributed by atoms with Gasteiger partial charge in [-0.3, -0.25) is 4.79 Å². The summed E-state index contributed by atoms with van der Waals surface area (Å²) in [5, 5.41) is 47.1. The van der Waals surface area contributed by atoms with Crippen LogP contribution in [0.1, 0.15) is 81.6 Å². The number of aliphatic hydroxyl groups is 4. The third kappa shape index (κ3) is 4.53. The van der Waals surface area contributed by atoms with E-state index in [0.29, 0.717) is 17.4 Å². The van der Waals surface area contributed by atoms with E-state index in [2.05, 4.69) is 20.8 Å². The standard InChI is InChI=1S/C33H52O10/c1-10-21-16(3)15(2)17(4)29(42-21)40-13-24(35)43-22-11-23-32(38,14-41-23)27-19(6)33(39)12-20(34)18(5)25(30(33,7)8)26(36)28(37)31(22,27)9/h15-17,19-23,26-27,29,34,36,38-39H,10-14H2,1-9H3/t15?,16?,17?,19?,20?,21?,22?,23?,26?,27?,29?,31-,32+,33?/m1/s1. The van der Waals surface area contributed by atoms with Gasteiger partial charge in [0.1, 0.15) is 24.4 Å². The first-order valence-corrected chi connectivity index (χ1v) is 16.0. The molecule has 244 valence electrons. The summed E-state index contributed by atoms with van der Waals surface area (Å²) in [5.74, 6) is -2.26. The highest BCUT2D eigenvalue weighted by atomic mass is 16.7. The molecule has 2 saturated carbocycles. The van der Waals surface area contributed by atoms with E-state index in [4.69, 9.17) is 18.9 Å². The van der Waals surface area contributed by atoms with Crippen molar-refractivity contribution in [2.24, 2.45) is 40.4 Å². The Balaban J connectivity index is 1.47. The highest BCUT2D eigenvalue weighted by Gasteiger charge is 2.74. The number of hydrogen-bond donors (Lipinski definition) is 4. The molecule has 2 bridgehead atoms. The van der Waals surface area contributed by atoms with Crippen LogP contribution < -0.4 is 0 Å². The molecule has 0 aromatic rings. The molecule has 10 nitrogen and oxygen atoms in total. The largest absolute Gasteiger partial charge is 0.459 e. The van der Waals surface area contributed by atoms with E-state index < -0.39 is 76.3 Å². The number of Topliss-reactive ketones (excluding diaryl/α,β-unsaturated/α-hetero) is 1. The van der Waals surface area contributed by atoms with Gasteiger partial charge in [0.2, 0.25) is 0 Å². The number of hydrogen-bond acceptors (Lipinski definition) is 10. The monoisotopic (exact) mass is 608 g/mol. The first kappa shape index (κ1) is 33.0. The fourth-order valence-corrected chi connectivity index (χ4v) is 9.64. The number of aliphatic hydroxyl groups excluding tert-OH is 2. The number of fused-ring (bicyclic) bond motifs is 5. The van der Waals surface area contributed by atoms with Crippen molar-refractivity contribution < 1.29 is 49.0 Å². The molecule has 14 atom stereocenters. The SMILES string of the molecule is CCC1OC(OCC(=O)OC2CC3OC[C@@]3(O)C3C(C)C4(O)CC(O)C(C)=C(C(O)C(=O)[C@]23C)C4(C)C)C(C)C(C)C1C. The van der Waals surface area contributed by atoms with E-state index >= 15 is 0 Å². The number of ether oxygens (including phenoxy) is 4. The Morgan fingerprint density at radius 3 is 2.28 bits per heavy atom. The van der Waals surface area contributed by atoms with Crippen molar-refractivity contribution in [2.75, 3.05) is 13.2 Å². The summed E-state index contributed by atoms with van der Waals surface area (Å²) in [6.07, 6.45) is -4.27. The molecule has 2 heterocycles. The quantitative estimate of drug-likeness (QED) is 0.271. The van der Waals surface area contributed by atoms with Gasteiger partial charge in [0.05, 0.1) is 35.9 Å². The molecule has 43 heavy (non-hydrogen) atoms. The molecular weight excluding hydrogens is 556 g/mol. The van der Waals surface area contributed by atoms with E-state index in [1.807, 2.05) is 6.92 Å². The van der Waals surface area contributed by atoms with E-state index in [0.717, 1.165) is 6.42 Å². The van der Waals surface area contributed by atoms with Crippen molar-refractivity contribution in [1.29, 1.82) is 0 Å². The van der Waals surface area contributed by atoms with Crippen molar-refractivity contribution in [3.63, 3.8) is 0 Å². The van der Waals surface area contributed by atoms with Gasteiger partial charge in [-0.15, -0.1) is 0 Å². The Morgan fingerprint density at radius 2 is 1.70 bits per heavy atom. The molecule has 12 unspecified atom stereocenters. The summed E-state index contributed by atoms with van der Waals surface area (Å²) in [6, 6.07) is 0. The second kappa shape index (κ2) is 10.9. The first-order valence-electron chi connectivity index (χ1n) is 16.0. The van der Waals surface area contributed by atoms with Crippen LogP contribution in [-0.2, 0) is 28.5 Å². The van der Waals surface area contributed by atoms with Crippen molar-refractivity contribution >= 4 is 11.8 Å². The average molecular weight is 609 g/mol. The maximum Gasteiger partial charge on any atom is 0.332 e. The lowest BCUT2D eigenvalue weighted by Crippen LogP contribution is -2.79. The lowest BCUT2D eigenvalue weighted by atomic mass is 9.43. The van der Waals surface area contributed by atoms with Gasteiger partial charge >= 0.3 is 5.97 Å². The molecule has 2 saturated heterocycles. The second-order valence-corrected chi connectivity index (χ2v) is 15.0. The van der Waals surface area contributed by atoms with Crippen LogP contribution in [-0.4, -0.2) is 93.4 Å². The van der Waals surface area contributed by atoms with Gasteiger partial charge in [0.25, 0.3) is 0 Å². The molecule has 0 aromatic heterocycles. The summed E-state index contributed by atoms with van der Waals surface area (Å²) in [4.78, 5) is 27.9. The minimum atomic E-state index is -1.68. The Labute approximate surface area is 255 Å². The predicted molar refractivity (Wildman–Crippen MR) is 155 cm³/mol. The van der Waals surface area contributed by atoms with E-state index in [9.17, 15) is 30.0 Å². The maximum atomic E-state index is 14.5. The molecule has 2 aliphatic heterocycles. The molecule has 10 heteroatoms. The summed E-state index contributed by atoms with van der Waals surface area (Å²) >= 11 is 0. The van der Waals surface area contributed by atoms with Crippen LogP contribution in [0.5, 0.6) is 0 Å². The van der Waals surface area contributed by atoms with Crippen LogP contribution in [0.3, 0.4) is 0 Å². The van der Waals surface area contributed by atoms with Crippen LogP contribution in [0.4, 0.5) is 0 Å². The van der Waals surface area contributed by atoms with Gasteiger partial charge in [-0.1, -0.05) is 48.5 Å². The molecule has 5 aliphatic rings. The molecule has 0 amide bonds. The van der Waals surface area contributed by atoms with Crippen LogP contribution in [0.15, 0.2) is 11.1 Å². The molecule has 4 fully saturated rings. The highest BCUT2D eigenvalue weighted by molar-refractivity contribution is 5.93. The normalized spacial score (nSPS) is 51.0. The summed E-state index contributed by atoms with van der Waals surface area (Å²) in [5.41, 5.74) is -5.05. The van der Waals surface area contributed by atoms with Crippen molar-refractivity contribution in [3.8, 4) is 0 Å². The number of carbonyl (C=O) groups excluding carboxylic acids is 2. The average Bonchev–Trinajstić information content (AvgIpc) is 2.94. The zero-order chi connectivity index (χ0) is 32.0. The lowest BCUT2D eigenvalue weighted by Gasteiger charge is -2.67. The smallest absolute Gasteiger partial charge is 0.332 e. The van der Waals surface area contributed by atoms with Gasteiger partial charge in [0, 0.05) is 30.1 Å². The molecule has 0 aromatic carbocycles. The zero-order valence-electron chi connectivity index (χ0n) is 27.1. The maximum absolute atomic E-state index is 14.5. The topological polar surface area (TPSA) is 152 Å². The predicted octanol–water partition coefficient (Wildman–Crippen LogP) is 2.53. The summed E-state index contributed by atoms with van der Waals surface area (Å²) in [7, 11) is 0. The fraction of sp³-hybridized carbons (Fsp3) is 0.879. The lowest BCUT2D eigenvalue weighted by molar-refractivity contribution is -0.337. The molecule has 3 aliphatic carbocycles. The molecule has 5 rings (SSSR count). The Kier molecular flexibility index (Phi) is 8.32. The minimum absolute atomic E-state index is 0.0139. The van der Waals surface area contributed by atoms with E-state index in [1.165, 1.54) is 0 Å². The van der Waals surface area contributed by atoms with Crippen molar-refractivity contribution in [2.45, 2.75) is 130 Å². The minimum Gasteiger partial charge on any atom is -0.459 e. The van der Waals surface area contributed by atoms with Gasteiger partial charge in [0.15, 0.2) is 12.1 Å². The number of rotatable bonds is 5. The van der Waals surface area contributed by atoms with E-state index in [1.54, 1.807) is 34.6 Å². The highest BCUT2D eigenvalue weighted by Crippen LogP contribution is 2.64. The molecule has 0 spiro atoms. The summed E-state index contributed by atoms with van der Waals surface area (Å²) < 4.78 is 23.9. The Morgan fingerprint density at radius 1 is 1.05 bits per heavy atom. The number of ketones is 1. The Bertz CT molecular complexity index is 1160. The van der Waals surface area contributed by atoms with Gasteiger partial charge in [-0.25, -0.2) is 4.79 Å². The zero-order valence-corrected chi connectivity index (χ0v) is 27.1. The number of carbonyl (C=O) groups is 2. The molecular formula is C33H52O10. The van der Waals surface area contributed by atoms with Crippen LogP contribution in [0.2, 0.25) is 0 Å². The van der Waals surface area contributed by atoms with Gasteiger partial charge in [-0.05, 0) is 49.2 Å². The van der Waals surface area contributed by atoms with Gasteiger partial charge in [-0.2, -0.15) is 0 Å². The van der Waals surface area contributed by atoms with Crippen molar-refractivity contribution in [3.05, 3.63) is 11.1 Å².